The summed E-state index contributed by atoms with van der Waals surface area (Å²) in [6, 6.07) is 15.1. The molecule has 10 heteroatoms. The molecule has 0 fully saturated rings. The smallest absolute Gasteiger partial charge is 0.334 e. The molecule has 0 N–H and O–H groups in total. The molecule has 7 nitrogen and oxygen atoms in total. The van der Waals surface area contributed by atoms with Crippen LogP contribution in [0.3, 0.4) is 0 Å². The molecule has 218 valence electrons. The van der Waals surface area contributed by atoms with E-state index < -0.39 is 31.2 Å². The van der Waals surface area contributed by atoms with E-state index in [1.54, 1.807) is 14.2 Å². The molecule has 38 heavy (non-hydrogen) atoms. The number of hydrogen-bond acceptors (Lipinski definition) is 7. The minimum Gasteiger partial charge on any atom is -0.519 e. The number of para-hydroxylation sites is 1. The van der Waals surface area contributed by atoms with Gasteiger partial charge in [0, 0.05) is 26.5 Å². The molecule has 0 saturated heterocycles. The fourth-order valence-corrected chi connectivity index (χ4v) is 11.3. The van der Waals surface area contributed by atoms with Crippen molar-refractivity contribution in [2.75, 3.05) is 25.7 Å². The summed E-state index contributed by atoms with van der Waals surface area (Å²) in [7, 11) is -3.30. The van der Waals surface area contributed by atoms with Crippen molar-refractivity contribution in [3.05, 3.63) is 30.3 Å². The van der Waals surface area contributed by atoms with E-state index in [0.29, 0.717) is 6.54 Å². The second-order valence-corrected chi connectivity index (χ2v) is 23.2. The lowest BCUT2D eigenvalue weighted by Gasteiger charge is -2.37. The van der Waals surface area contributed by atoms with Gasteiger partial charge in [-0.3, -0.25) is 9.59 Å². The van der Waals surface area contributed by atoms with Crippen molar-refractivity contribution < 1.29 is 27.3 Å². The number of carbonyl (C=O) groups is 2. The maximum atomic E-state index is 14.0. The molecule has 0 aromatic heterocycles. The van der Waals surface area contributed by atoms with E-state index >= 15 is 0 Å². The normalized spacial score (nSPS) is 13.2. The zero-order valence-electron chi connectivity index (χ0n) is 25.4. The van der Waals surface area contributed by atoms with Crippen LogP contribution in [0.2, 0.25) is 48.9 Å². The van der Waals surface area contributed by atoms with Gasteiger partial charge in [-0.25, -0.2) is 0 Å². The average Bonchev–Trinajstić information content (AvgIpc) is 2.96. The van der Waals surface area contributed by atoms with Crippen molar-refractivity contribution in [2.45, 2.75) is 109 Å². The van der Waals surface area contributed by atoms with Crippen LogP contribution in [0.25, 0.3) is 0 Å². The summed E-state index contributed by atoms with van der Waals surface area (Å²) in [5.74, 6) is -0.604. The molecule has 0 saturated carbocycles. The fourth-order valence-electron chi connectivity index (χ4n) is 4.92. The summed E-state index contributed by atoms with van der Waals surface area (Å²) in [6.07, 6.45) is 0.737. The van der Waals surface area contributed by atoms with Crippen LogP contribution in [0.15, 0.2) is 30.3 Å². The Hall–Kier alpha value is -1.47. The Morgan fingerprint density at radius 2 is 1.26 bits per heavy atom. The fraction of sp³-hybridized carbons (Fsp3) is 0.714. The molecule has 1 aromatic carbocycles. The first-order chi connectivity index (χ1) is 18.1. The van der Waals surface area contributed by atoms with Gasteiger partial charge in [0.05, 0.1) is 6.42 Å². The van der Waals surface area contributed by atoms with E-state index in [1.165, 1.54) is 0 Å². The van der Waals surface area contributed by atoms with Crippen molar-refractivity contribution in [3.8, 4) is 0 Å². The molecule has 1 atom stereocenters. The first-order valence-corrected chi connectivity index (χ1v) is 22.0. The van der Waals surface area contributed by atoms with Gasteiger partial charge < -0.3 is 22.6 Å². The van der Waals surface area contributed by atoms with Crippen molar-refractivity contribution in [3.63, 3.8) is 0 Å². The second kappa shape index (κ2) is 16.6. The van der Waals surface area contributed by atoms with Crippen molar-refractivity contribution in [1.82, 2.24) is 0 Å². The Labute approximate surface area is 235 Å². The van der Waals surface area contributed by atoms with Crippen LogP contribution in [0.4, 0.5) is 5.69 Å². The predicted octanol–water partition coefficient (Wildman–Crippen LogP) is 7.10. The summed E-state index contributed by atoms with van der Waals surface area (Å²) in [5, 5.41) is 0. The highest BCUT2D eigenvalue weighted by Gasteiger charge is 2.40. The van der Waals surface area contributed by atoms with Crippen LogP contribution in [-0.4, -0.2) is 63.9 Å². The number of benzene rings is 1. The molecule has 0 aliphatic heterocycles. The van der Waals surface area contributed by atoms with Crippen LogP contribution in [0.1, 0.15) is 54.4 Å². The van der Waals surface area contributed by atoms with Crippen molar-refractivity contribution in [1.29, 1.82) is 0 Å². The molecular weight excluding hydrogens is 531 g/mol. The van der Waals surface area contributed by atoms with Gasteiger partial charge in [-0.15, -0.1) is 0 Å². The SMILES string of the molecule is CC[Si](CC)(CC)OC(=O)CC(C(=O)O[Si](CC)(CC)CC)N(CCC[Si](C)(OC)OC)c1ccccc1. The van der Waals surface area contributed by atoms with Crippen molar-refractivity contribution in [2.24, 2.45) is 0 Å². The minimum absolute atomic E-state index is 0.0205. The lowest BCUT2D eigenvalue weighted by molar-refractivity contribution is -0.143. The van der Waals surface area contributed by atoms with Crippen LogP contribution >= 0.6 is 0 Å². The highest BCUT2D eigenvalue weighted by molar-refractivity contribution is 6.75. The van der Waals surface area contributed by atoms with E-state index in [2.05, 4.69) is 41.5 Å². The first kappa shape index (κ1) is 34.6. The van der Waals surface area contributed by atoms with E-state index in [4.69, 9.17) is 17.7 Å². The van der Waals surface area contributed by atoms with Gasteiger partial charge in [-0.05, 0) is 67.4 Å². The molecule has 0 amide bonds. The van der Waals surface area contributed by atoms with E-state index in [1.807, 2.05) is 41.8 Å². The van der Waals surface area contributed by atoms with Crippen LogP contribution < -0.4 is 4.90 Å². The standard InChI is InChI=1S/C28H53NO6Si3/c1-10-37(11-2,12-3)34-27(30)24-26(28(31)35-38(13-4,14-5)15-6)29(25-20-17-16-18-21-25)22-19-23-36(9,32-7)33-8/h16-18,20-21,26H,10-15,19,22-24H2,1-9H3. The maximum Gasteiger partial charge on any atom is 0.334 e. The molecule has 0 bridgehead atoms. The monoisotopic (exact) mass is 583 g/mol. The summed E-state index contributed by atoms with van der Waals surface area (Å²) < 4.78 is 24.0. The number of hydrogen-bond donors (Lipinski definition) is 0. The Morgan fingerprint density at radius 3 is 1.71 bits per heavy atom. The predicted molar refractivity (Wildman–Crippen MR) is 164 cm³/mol. The molecule has 0 spiro atoms. The largest absolute Gasteiger partial charge is 0.519 e. The first-order valence-electron chi connectivity index (χ1n) is 14.4. The molecule has 0 radical (unpaired) electrons. The quantitative estimate of drug-likeness (QED) is 0.161. The van der Waals surface area contributed by atoms with Crippen LogP contribution in [-0.2, 0) is 27.3 Å². The lowest BCUT2D eigenvalue weighted by atomic mass is 10.1. The summed E-state index contributed by atoms with van der Waals surface area (Å²) in [5.41, 5.74) is 0.891. The van der Waals surface area contributed by atoms with Gasteiger partial charge in [0.2, 0.25) is 0 Å². The minimum atomic E-state index is -2.28. The molecular formula is C28H53NO6Si3. The van der Waals surface area contributed by atoms with E-state index in [9.17, 15) is 9.59 Å². The number of carbonyl (C=O) groups excluding carboxylic acids is 2. The van der Waals surface area contributed by atoms with Gasteiger partial charge in [0.15, 0.2) is 0 Å². The lowest BCUT2D eigenvalue weighted by Crippen LogP contribution is -2.50. The second-order valence-electron chi connectivity index (χ2n) is 10.3. The van der Waals surface area contributed by atoms with Crippen LogP contribution in [0, 0.1) is 0 Å². The Morgan fingerprint density at radius 1 is 0.789 bits per heavy atom. The van der Waals surface area contributed by atoms with Gasteiger partial charge in [-0.2, -0.15) is 0 Å². The van der Waals surface area contributed by atoms with Gasteiger partial charge in [0.25, 0.3) is 22.6 Å². The zero-order valence-corrected chi connectivity index (χ0v) is 28.4. The average molecular weight is 584 g/mol. The highest BCUT2D eigenvalue weighted by atomic mass is 28.4. The number of rotatable bonds is 19. The highest BCUT2D eigenvalue weighted by Crippen LogP contribution is 2.28. The van der Waals surface area contributed by atoms with E-state index in [-0.39, 0.29) is 18.4 Å². The topological polar surface area (TPSA) is 74.3 Å². The van der Waals surface area contributed by atoms with Gasteiger partial charge in [0.1, 0.15) is 6.04 Å². The third-order valence-corrected chi connectivity index (χ3v) is 20.5. The Kier molecular flexibility index (Phi) is 15.1. The Balaban J connectivity index is 3.42. The summed E-state index contributed by atoms with van der Waals surface area (Å²) in [4.78, 5) is 29.4. The number of anilines is 1. The Bertz CT molecular complexity index is 813. The third kappa shape index (κ3) is 9.62. The molecule has 1 aromatic rings. The molecule has 0 heterocycles. The number of nitrogens with zero attached hydrogens (tertiary/aromatic N) is 1. The third-order valence-electron chi connectivity index (χ3n) is 8.50. The molecule has 1 rings (SSSR count). The molecule has 0 aliphatic carbocycles. The maximum absolute atomic E-state index is 14.0. The van der Waals surface area contributed by atoms with Crippen molar-refractivity contribution >= 4 is 42.8 Å². The zero-order chi connectivity index (χ0) is 28.8. The molecule has 1 unspecified atom stereocenters. The summed E-state index contributed by atoms with van der Waals surface area (Å²) in [6.45, 7) is 15.2. The van der Waals surface area contributed by atoms with E-state index in [0.717, 1.165) is 54.4 Å². The van der Waals surface area contributed by atoms with Crippen LogP contribution in [0.5, 0.6) is 0 Å². The van der Waals surface area contributed by atoms with Gasteiger partial charge >= 0.3 is 14.5 Å². The molecule has 0 aliphatic rings. The van der Waals surface area contributed by atoms with Gasteiger partial charge in [-0.1, -0.05) is 59.7 Å². The summed E-state index contributed by atoms with van der Waals surface area (Å²) >= 11 is 0.